The van der Waals surface area contributed by atoms with Crippen LogP contribution in [0.4, 0.5) is 15.8 Å². The molecule has 0 fully saturated rings. The number of nitriles is 1. The highest BCUT2D eigenvalue weighted by molar-refractivity contribution is 6.33. The standard InChI is InChI=1S/C18H13ClFN3O4/c19-13-9-11(20)5-6-15(13)23-17(25)10-27-18(26)12-3-1-2-4-14(12)22-16(24)7-8-21/h1-6,9H,7,10H2,(H,22,24)(H,23,25). The largest absolute Gasteiger partial charge is 0.452 e. The van der Waals surface area contributed by atoms with Crippen LogP contribution in [-0.4, -0.2) is 24.4 Å². The van der Waals surface area contributed by atoms with Gasteiger partial charge in [-0.3, -0.25) is 9.59 Å². The predicted octanol–water partition coefficient (Wildman–Crippen LogP) is 3.13. The number of nitrogens with zero attached hydrogens (tertiary/aromatic N) is 1. The zero-order chi connectivity index (χ0) is 19.8. The third-order valence-corrected chi connectivity index (χ3v) is 3.51. The molecular weight excluding hydrogens is 377 g/mol. The highest BCUT2D eigenvalue weighted by Crippen LogP contribution is 2.22. The number of hydrogen-bond acceptors (Lipinski definition) is 5. The number of halogens is 2. The van der Waals surface area contributed by atoms with Gasteiger partial charge >= 0.3 is 5.97 Å². The smallest absolute Gasteiger partial charge is 0.340 e. The first-order valence-corrected chi connectivity index (χ1v) is 7.96. The number of para-hydroxylation sites is 1. The first kappa shape index (κ1) is 19.9. The summed E-state index contributed by atoms with van der Waals surface area (Å²) in [5, 5.41) is 13.3. The number of carbonyl (C=O) groups is 3. The maximum atomic E-state index is 13.0. The molecule has 2 amide bonds. The van der Waals surface area contributed by atoms with E-state index in [0.717, 1.165) is 12.1 Å². The molecule has 2 aromatic rings. The summed E-state index contributed by atoms with van der Waals surface area (Å²) in [6.45, 7) is -0.618. The van der Waals surface area contributed by atoms with Crippen LogP contribution in [-0.2, 0) is 14.3 Å². The lowest BCUT2D eigenvalue weighted by atomic mass is 10.1. The van der Waals surface area contributed by atoms with Gasteiger partial charge in [0.05, 0.1) is 28.0 Å². The highest BCUT2D eigenvalue weighted by Gasteiger charge is 2.16. The number of ether oxygens (including phenoxy) is 1. The van der Waals surface area contributed by atoms with Crippen LogP contribution in [0, 0.1) is 17.1 Å². The Balaban J connectivity index is 1.98. The number of anilines is 2. The first-order chi connectivity index (χ1) is 12.9. The minimum absolute atomic E-state index is 0.000211. The van der Waals surface area contributed by atoms with Gasteiger partial charge in [0.2, 0.25) is 5.91 Å². The lowest BCUT2D eigenvalue weighted by molar-refractivity contribution is -0.119. The Hall–Kier alpha value is -3.44. The van der Waals surface area contributed by atoms with E-state index in [-0.39, 0.29) is 28.4 Å². The van der Waals surface area contributed by atoms with E-state index in [0.29, 0.717) is 0 Å². The van der Waals surface area contributed by atoms with Gasteiger partial charge in [-0.15, -0.1) is 0 Å². The van der Waals surface area contributed by atoms with Gasteiger partial charge in [-0.25, -0.2) is 9.18 Å². The number of esters is 1. The van der Waals surface area contributed by atoms with Gasteiger partial charge in [0.15, 0.2) is 6.61 Å². The first-order valence-electron chi connectivity index (χ1n) is 7.58. The Morgan fingerprint density at radius 3 is 2.48 bits per heavy atom. The molecule has 0 aliphatic heterocycles. The van der Waals surface area contributed by atoms with E-state index in [9.17, 15) is 18.8 Å². The van der Waals surface area contributed by atoms with E-state index in [4.69, 9.17) is 21.6 Å². The summed E-state index contributed by atoms with van der Waals surface area (Å²) in [5.41, 5.74) is 0.351. The van der Waals surface area contributed by atoms with Crippen molar-refractivity contribution in [1.29, 1.82) is 5.26 Å². The average molecular weight is 390 g/mol. The third kappa shape index (κ3) is 5.80. The van der Waals surface area contributed by atoms with Crippen molar-refractivity contribution in [2.24, 2.45) is 0 Å². The summed E-state index contributed by atoms with van der Waals surface area (Å²) in [6, 6.07) is 11.1. The Morgan fingerprint density at radius 1 is 1.07 bits per heavy atom. The molecule has 0 saturated heterocycles. The number of rotatable bonds is 6. The van der Waals surface area contributed by atoms with E-state index >= 15 is 0 Å². The minimum atomic E-state index is -0.844. The molecule has 0 aliphatic rings. The van der Waals surface area contributed by atoms with Crippen molar-refractivity contribution < 1.29 is 23.5 Å². The molecule has 7 nitrogen and oxygen atoms in total. The molecule has 0 saturated carbocycles. The van der Waals surface area contributed by atoms with E-state index in [2.05, 4.69) is 10.6 Å². The molecule has 0 heterocycles. The molecule has 2 aromatic carbocycles. The average Bonchev–Trinajstić information content (AvgIpc) is 2.63. The van der Waals surface area contributed by atoms with Gasteiger partial charge in [-0.05, 0) is 30.3 Å². The molecule has 138 valence electrons. The molecule has 0 aliphatic carbocycles. The Labute approximate surface area is 158 Å². The molecule has 0 unspecified atom stereocenters. The fourth-order valence-corrected chi connectivity index (χ4v) is 2.24. The summed E-state index contributed by atoms with van der Waals surface area (Å²) >= 11 is 5.80. The maximum Gasteiger partial charge on any atom is 0.340 e. The summed E-state index contributed by atoms with van der Waals surface area (Å²) in [5.74, 6) is -2.66. The summed E-state index contributed by atoms with van der Waals surface area (Å²) in [6.07, 6.45) is -0.371. The third-order valence-electron chi connectivity index (χ3n) is 3.20. The summed E-state index contributed by atoms with van der Waals surface area (Å²) in [4.78, 5) is 35.6. The highest BCUT2D eigenvalue weighted by atomic mass is 35.5. The summed E-state index contributed by atoms with van der Waals surface area (Å²) in [7, 11) is 0. The van der Waals surface area contributed by atoms with Gasteiger partial charge in [0.25, 0.3) is 5.91 Å². The van der Waals surface area contributed by atoms with Crippen molar-refractivity contribution in [3.63, 3.8) is 0 Å². The van der Waals surface area contributed by atoms with Gasteiger partial charge in [-0.2, -0.15) is 5.26 Å². The Kier molecular flexibility index (Phi) is 6.86. The van der Waals surface area contributed by atoms with Crippen LogP contribution in [0.15, 0.2) is 42.5 Å². The van der Waals surface area contributed by atoms with Crippen LogP contribution in [0.2, 0.25) is 5.02 Å². The van der Waals surface area contributed by atoms with Gasteiger partial charge < -0.3 is 15.4 Å². The summed E-state index contributed by atoms with van der Waals surface area (Å²) < 4.78 is 17.9. The molecule has 9 heteroatoms. The second kappa shape index (κ2) is 9.31. The predicted molar refractivity (Wildman–Crippen MR) is 95.6 cm³/mol. The zero-order valence-corrected chi connectivity index (χ0v) is 14.5. The van der Waals surface area contributed by atoms with Crippen LogP contribution >= 0.6 is 11.6 Å². The fourth-order valence-electron chi connectivity index (χ4n) is 2.02. The quantitative estimate of drug-likeness (QED) is 0.738. The molecule has 27 heavy (non-hydrogen) atoms. The van der Waals surface area contributed by atoms with E-state index in [1.165, 1.54) is 18.2 Å². The number of nitrogens with one attached hydrogen (secondary N) is 2. The fraction of sp³-hybridized carbons (Fsp3) is 0.111. The van der Waals surface area contributed by atoms with Crippen molar-refractivity contribution in [1.82, 2.24) is 0 Å². The van der Waals surface area contributed by atoms with Crippen LogP contribution in [0.5, 0.6) is 0 Å². The molecule has 0 aromatic heterocycles. The van der Waals surface area contributed by atoms with Crippen molar-refractivity contribution in [2.75, 3.05) is 17.2 Å². The van der Waals surface area contributed by atoms with E-state index in [1.54, 1.807) is 18.2 Å². The van der Waals surface area contributed by atoms with E-state index < -0.39 is 30.2 Å². The lowest BCUT2D eigenvalue weighted by Crippen LogP contribution is -2.22. The maximum absolute atomic E-state index is 13.0. The number of carbonyl (C=O) groups excluding carboxylic acids is 3. The second-order valence-corrected chi connectivity index (χ2v) is 5.58. The van der Waals surface area contributed by atoms with Crippen LogP contribution < -0.4 is 10.6 Å². The van der Waals surface area contributed by atoms with Crippen LogP contribution in [0.25, 0.3) is 0 Å². The van der Waals surface area contributed by atoms with Crippen LogP contribution in [0.1, 0.15) is 16.8 Å². The Morgan fingerprint density at radius 2 is 1.78 bits per heavy atom. The molecule has 0 spiro atoms. The molecule has 2 rings (SSSR count). The SMILES string of the molecule is N#CCC(=O)Nc1ccccc1C(=O)OCC(=O)Nc1ccc(F)cc1Cl. The molecular formula is C18H13ClFN3O4. The number of amides is 2. The van der Waals surface area contributed by atoms with Crippen molar-refractivity contribution in [3.05, 3.63) is 58.9 Å². The van der Waals surface area contributed by atoms with Crippen LogP contribution in [0.3, 0.4) is 0 Å². The van der Waals surface area contributed by atoms with Gasteiger partial charge in [-0.1, -0.05) is 23.7 Å². The zero-order valence-electron chi connectivity index (χ0n) is 13.8. The number of benzene rings is 2. The van der Waals surface area contributed by atoms with Crippen molar-refractivity contribution in [2.45, 2.75) is 6.42 Å². The monoisotopic (exact) mass is 389 g/mol. The lowest BCUT2D eigenvalue weighted by Gasteiger charge is -2.11. The minimum Gasteiger partial charge on any atom is -0.452 e. The van der Waals surface area contributed by atoms with Crippen molar-refractivity contribution >= 4 is 40.8 Å². The number of hydrogen-bond donors (Lipinski definition) is 2. The van der Waals surface area contributed by atoms with Gasteiger partial charge in [0.1, 0.15) is 12.2 Å². The topological polar surface area (TPSA) is 108 Å². The van der Waals surface area contributed by atoms with Crippen molar-refractivity contribution in [3.8, 4) is 6.07 Å². The van der Waals surface area contributed by atoms with E-state index in [1.807, 2.05) is 0 Å². The second-order valence-electron chi connectivity index (χ2n) is 5.18. The molecule has 0 bridgehead atoms. The molecule has 0 atom stereocenters. The molecule has 0 radical (unpaired) electrons. The Bertz CT molecular complexity index is 927. The normalized spacial score (nSPS) is 9.81. The molecule has 2 N–H and O–H groups in total. The van der Waals surface area contributed by atoms with Gasteiger partial charge in [0, 0.05) is 0 Å².